The molecule has 0 atom stereocenters. The standard InChI is InChI=1S/C8H7FN2OS/c9-4-12-6-3-1-2-5-7(6)11-8(13)10-5/h1-3H,4H2,(H2,10,11,13). The second-order valence-corrected chi connectivity index (χ2v) is 2.92. The van der Waals surface area contributed by atoms with Crippen LogP contribution in [0.15, 0.2) is 18.2 Å². The van der Waals surface area contributed by atoms with Crippen LogP contribution < -0.4 is 4.74 Å². The minimum Gasteiger partial charge on any atom is -0.461 e. The van der Waals surface area contributed by atoms with Gasteiger partial charge in [-0.05, 0) is 24.4 Å². The smallest absolute Gasteiger partial charge is 0.228 e. The Bertz CT molecular complexity index is 476. The van der Waals surface area contributed by atoms with Crippen LogP contribution in [-0.4, -0.2) is 16.8 Å². The number of benzene rings is 1. The van der Waals surface area contributed by atoms with E-state index in [4.69, 9.17) is 17.0 Å². The van der Waals surface area contributed by atoms with Crippen LogP contribution in [0.5, 0.6) is 5.75 Å². The number of imidazole rings is 1. The van der Waals surface area contributed by atoms with Crippen molar-refractivity contribution in [2.75, 3.05) is 6.86 Å². The largest absolute Gasteiger partial charge is 0.461 e. The van der Waals surface area contributed by atoms with Gasteiger partial charge in [-0.3, -0.25) is 0 Å². The number of para-hydroxylation sites is 1. The average Bonchev–Trinajstić information content (AvgIpc) is 2.47. The lowest BCUT2D eigenvalue weighted by atomic mass is 10.3. The van der Waals surface area contributed by atoms with Gasteiger partial charge in [0.2, 0.25) is 6.86 Å². The van der Waals surface area contributed by atoms with Crippen LogP contribution in [0, 0.1) is 4.77 Å². The number of ether oxygens (including phenoxy) is 1. The fraction of sp³-hybridized carbons (Fsp3) is 0.125. The summed E-state index contributed by atoms with van der Waals surface area (Å²) in [6.07, 6.45) is 0. The van der Waals surface area contributed by atoms with Crippen LogP contribution in [0.25, 0.3) is 11.0 Å². The zero-order chi connectivity index (χ0) is 9.26. The molecule has 1 heterocycles. The van der Waals surface area contributed by atoms with Crippen molar-refractivity contribution in [1.29, 1.82) is 0 Å². The summed E-state index contributed by atoms with van der Waals surface area (Å²) in [5.74, 6) is 0.465. The van der Waals surface area contributed by atoms with Crippen molar-refractivity contribution >= 4 is 23.3 Å². The molecule has 5 heteroatoms. The van der Waals surface area contributed by atoms with E-state index in [0.29, 0.717) is 16.0 Å². The molecule has 0 fully saturated rings. The number of hydrogen-bond acceptors (Lipinski definition) is 2. The van der Waals surface area contributed by atoms with Crippen molar-refractivity contribution in [2.45, 2.75) is 0 Å². The molecule has 2 N–H and O–H groups in total. The first-order valence-corrected chi connectivity index (χ1v) is 4.12. The maximum atomic E-state index is 11.9. The summed E-state index contributed by atoms with van der Waals surface area (Å²) in [5.41, 5.74) is 1.51. The molecule has 0 saturated heterocycles. The van der Waals surface area contributed by atoms with E-state index < -0.39 is 6.86 Å². The number of alkyl halides is 1. The van der Waals surface area contributed by atoms with Gasteiger partial charge < -0.3 is 14.7 Å². The molecule has 1 aromatic heterocycles. The van der Waals surface area contributed by atoms with E-state index in [1.807, 2.05) is 6.07 Å². The van der Waals surface area contributed by atoms with Gasteiger partial charge in [-0.15, -0.1) is 0 Å². The third-order valence-electron chi connectivity index (χ3n) is 1.72. The van der Waals surface area contributed by atoms with Gasteiger partial charge in [0.25, 0.3) is 0 Å². The predicted molar refractivity (Wildman–Crippen MR) is 50.1 cm³/mol. The highest BCUT2D eigenvalue weighted by Gasteiger charge is 2.02. The van der Waals surface area contributed by atoms with E-state index in [9.17, 15) is 4.39 Å². The molecule has 0 amide bonds. The number of aromatic amines is 2. The molecule has 0 aliphatic rings. The molecule has 0 aliphatic carbocycles. The van der Waals surface area contributed by atoms with Crippen molar-refractivity contribution in [3.05, 3.63) is 23.0 Å². The first-order chi connectivity index (χ1) is 6.31. The molecule has 1 aromatic carbocycles. The highest BCUT2D eigenvalue weighted by Crippen LogP contribution is 2.22. The minimum atomic E-state index is -0.842. The third-order valence-corrected chi connectivity index (χ3v) is 1.93. The molecule has 3 nitrogen and oxygen atoms in total. The van der Waals surface area contributed by atoms with Gasteiger partial charge in [0.15, 0.2) is 4.77 Å². The summed E-state index contributed by atoms with van der Waals surface area (Å²) < 4.78 is 17.2. The Morgan fingerprint density at radius 2 is 2.23 bits per heavy atom. The summed E-state index contributed by atoms with van der Waals surface area (Å²) >= 11 is 4.90. The van der Waals surface area contributed by atoms with Crippen molar-refractivity contribution in [2.24, 2.45) is 0 Å². The molecule has 0 radical (unpaired) electrons. The maximum Gasteiger partial charge on any atom is 0.228 e. The highest BCUT2D eigenvalue weighted by atomic mass is 32.1. The quantitative estimate of drug-likeness (QED) is 0.728. The molecule has 0 unspecified atom stereocenters. The normalized spacial score (nSPS) is 10.5. The Kier molecular flexibility index (Phi) is 2.02. The highest BCUT2D eigenvalue weighted by molar-refractivity contribution is 7.71. The second kappa shape index (κ2) is 3.18. The molecular weight excluding hydrogens is 191 g/mol. The van der Waals surface area contributed by atoms with Gasteiger partial charge in [0, 0.05) is 0 Å². The molecule has 2 rings (SSSR count). The van der Waals surface area contributed by atoms with Crippen LogP contribution in [0.1, 0.15) is 0 Å². The molecule has 0 saturated carbocycles. The average molecular weight is 198 g/mol. The molecular formula is C8H7FN2OS. The van der Waals surface area contributed by atoms with Crippen LogP contribution in [-0.2, 0) is 0 Å². The topological polar surface area (TPSA) is 40.8 Å². The van der Waals surface area contributed by atoms with E-state index in [1.54, 1.807) is 12.1 Å². The summed E-state index contributed by atoms with van der Waals surface area (Å²) in [7, 11) is 0. The van der Waals surface area contributed by atoms with Crippen LogP contribution in [0.4, 0.5) is 4.39 Å². The van der Waals surface area contributed by atoms with Crippen LogP contribution in [0.3, 0.4) is 0 Å². The van der Waals surface area contributed by atoms with Gasteiger partial charge in [-0.25, -0.2) is 4.39 Å². The van der Waals surface area contributed by atoms with Crippen LogP contribution in [0.2, 0.25) is 0 Å². The fourth-order valence-electron chi connectivity index (χ4n) is 1.21. The molecule has 0 spiro atoms. The van der Waals surface area contributed by atoms with E-state index in [0.717, 1.165) is 5.52 Å². The number of hydrogen-bond donors (Lipinski definition) is 2. The minimum absolute atomic E-state index is 0.465. The van der Waals surface area contributed by atoms with E-state index >= 15 is 0 Å². The lowest BCUT2D eigenvalue weighted by molar-refractivity contribution is 0.193. The van der Waals surface area contributed by atoms with Gasteiger partial charge >= 0.3 is 0 Å². The monoisotopic (exact) mass is 198 g/mol. The van der Waals surface area contributed by atoms with Crippen LogP contribution >= 0.6 is 12.2 Å². The first kappa shape index (κ1) is 8.25. The number of rotatable bonds is 2. The molecule has 13 heavy (non-hydrogen) atoms. The van der Waals surface area contributed by atoms with Gasteiger partial charge in [-0.2, -0.15) is 0 Å². The third kappa shape index (κ3) is 1.42. The van der Waals surface area contributed by atoms with Gasteiger partial charge in [0.1, 0.15) is 11.3 Å². The predicted octanol–water partition coefficient (Wildman–Crippen LogP) is 2.53. The second-order valence-electron chi connectivity index (χ2n) is 2.51. The van der Waals surface area contributed by atoms with Crippen molar-refractivity contribution in [3.8, 4) is 5.75 Å². The van der Waals surface area contributed by atoms with Gasteiger partial charge in [-0.1, -0.05) is 6.07 Å². The van der Waals surface area contributed by atoms with Gasteiger partial charge in [0.05, 0.1) is 5.52 Å². The summed E-state index contributed by atoms with van der Waals surface area (Å²) in [6, 6.07) is 5.29. The summed E-state index contributed by atoms with van der Waals surface area (Å²) in [4.78, 5) is 5.79. The Morgan fingerprint density at radius 1 is 1.38 bits per heavy atom. The molecule has 0 bridgehead atoms. The number of H-pyrrole nitrogens is 2. The SMILES string of the molecule is FCOc1cccc2[nH]c(=S)[nH]c12. The summed E-state index contributed by atoms with van der Waals surface area (Å²) in [5, 5.41) is 0. The molecule has 0 aliphatic heterocycles. The summed E-state index contributed by atoms with van der Waals surface area (Å²) in [6.45, 7) is -0.842. The van der Waals surface area contributed by atoms with Crippen molar-refractivity contribution < 1.29 is 9.13 Å². The lowest BCUT2D eigenvalue weighted by Gasteiger charge is -2.00. The lowest BCUT2D eigenvalue weighted by Crippen LogP contribution is -1.90. The Balaban J connectivity index is 2.67. The first-order valence-electron chi connectivity index (χ1n) is 3.71. The Morgan fingerprint density at radius 3 is 3.00 bits per heavy atom. The maximum absolute atomic E-state index is 11.9. The van der Waals surface area contributed by atoms with E-state index in [1.165, 1.54) is 0 Å². The molecule has 68 valence electrons. The fourth-order valence-corrected chi connectivity index (χ4v) is 1.42. The Labute approximate surface area is 78.5 Å². The molecule has 2 aromatic rings. The van der Waals surface area contributed by atoms with E-state index in [2.05, 4.69) is 9.97 Å². The van der Waals surface area contributed by atoms with E-state index in [-0.39, 0.29) is 0 Å². The zero-order valence-corrected chi connectivity index (χ0v) is 7.45. The number of halogens is 1. The van der Waals surface area contributed by atoms with Crippen molar-refractivity contribution in [1.82, 2.24) is 9.97 Å². The van der Waals surface area contributed by atoms with Crippen molar-refractivity contribution in [3.63, 3.8) is 0 Å². The number of aromatic nitrogens is 2. The zero-order valence-electron chi connectivity index (χ0n) is 6.63. The Hall–Kier alpha value is -1.36. The number of nitrogens with one attached hydrogen (secondary N) is 2. The number of fused-ring (bicyclic) bond motifs is 1.